The van der Waals surface area contributed by atoms with Crippen molar-refractivity contribution in [1.82, 2.24) is 4.98 Å². The molecular formula is C13H19NO. The summed E-state index contributed by atoms with van der Waals surface area (Å²) in [6.07, 6.45) is 3.48. The van der Waals surface area contributed by atoms with Crippen molar-refractivity contribution in [3.05, 3.63) is 42.2 Å². The zero-order chi connectivity index (χ0) is 11.7. The highest BCUT2D eigenvalue weighted by molar-refractivity contribution is 5.60. The SMILES string of the molecule is C=Cc1ccc(COC)nc1C=C.CC. The highest BCUT2D eigenvalue weighted by Crippen LogP contribution is 2.10. The third-order valence-electron chi connectivity index (χ3n) is 1.72. The van der Waals surface area contributed by atoms with Gasteiger partial charge in [-0.25, -0.2) is 0 Å². The van der Waals surface area contributed by atoms with Crippen molar-refractivity contribution in [2.75, 3.05) is 7.11 Å². The van der Waals surface area contributed by atoms with E-state index in [2.05, 4.69) is 18.1 Å². The first-order valence-electron chi connectivity index (χ1n) is 5.05. The van der Waals surface area contributed by atoms with Crippen molar-refractivity contribution in [3.63, 3.8) is 0 Å². The fraction of sp³-hybridized carbons (Fsp3) is 0.308. The van der Waals surface area contributed by atoms with Crippen LogP contribution >= 0.6 is 0 Å². The van der Waals surface area contributed by atoms with Gasteiger partial charge in [0.25, 0.3) is 0 Å². The number of hydrogen-bond acceptors (Lipinski definition) is 2. The van der Waals surface area contributed by atoms with E-state index in [4.69, 9.17) is 4.74 Å². The zero-order valence-electron chi connectivity index (χ0n) is 9.79. The van der Waals surface area contributed by atoms with Crippen LogP contribution < -0.4 is 0 Å². The molecule has 0 aliphatic heterocycles. The zero-order valence-corrected chi connectivity index (χ0v) is 9.79. The maximum atomic E-state index is 4.98. The van der Waals surface area contributed by atoms with Crippen LogP contribution in [0.5, 0.6) is 0 Å². The second kappa shape index (κ2) is 7.94. The number of nitrogens with zero attached hydrogens (tertiary/aromatic N) is 1. The highest BCUT2D eigenvalue weighted by atomic mass is 16.5. The summed E-state index contributed by atoms with van der Waals surface area (Å²) < 4.78 is 4.98. The Bertz CT molecular complexity index is 318. The Hall–Kier alpha value is -1.41. The van der Waals surface area contributed by atoms with E-state index in [1.54, 1.807) is 19.3 Å². The van der Waals surface area contributed by atoms with Gasteiger partial charge in [0.15, 0.2) is 0 Å². The van der Waals surface area contributed by atoms with Crippen molar-refractivity contribution in [2.45, 2.75) is 20.5 Å². The molecule has 1 rings (SSSR count). The Balaban J connectivity index is 0.000000921. The number of aromatic nitrogens is 1. The average molecular weight is 205 g/mol. The summed E-state index contributed by atoms with van der Waals surface area (Å²) in [5.41, 5.74) is 2.75. The Morgan fingerprint density at radius 3 is 2.40 bits per heavy atom. The van der Waals surface area contributed by atoms with Gasteiger partial charge in [-0.2, -0.15) is 0 Å². The van der Waals surface area contributed by atoms with Gasteiger partial charge in [0.05, 0.1) is 18.0 Å². The molecule has 0 fully saturated rings. The smallest absolute Gasteiger partial charge is 0.0884 e. The van der Waals surface area contributed by atoms with E-state index in [0.717, 1.165) is 17.0 Å². The largest absolute Gasteiger partial charge is 0.378 e. The molecule has 0 N–H and O–H groups in total. The highest BCUT2D eigenvalue weighted by Gasteiger charge is 1.99. The Morgan fingerprint density at radius 1 is 1.27 bits per heavy atom. The topological polar surface area (TPSA) is 22.1 Å². The van der Waals surface area contributed by atoms with Crippen LogP contribution in [0.1, 0.15) is 30.8 Å². The monoisotopic (exact) mass is 205 g/mol. The van der Waals surface area contributed by atoms with Crippen LogP contribution in [0.4, 0.5) is 0 Å². The van der Waals surface area contributed by atoms with Crippen LogP contribution in [0.2, 0.25) is 0 Å². The summed E-state index contributed by atoms with van der Waals surface area (Å²) in [7, 11) is 1.65. The molecule has 0 aliphatic rings. The van der Waals surface area contributed by atoms with E-state index in [-0.39, 0.29) is 0 Å². The molecule has 0 aliphatic carbocycles. The van der Waals surface area contributed by atoms with Gasteiger partial charge >= 0.3 is 0 Å². The summed E-state index contributed by atoms with van der Waals surface area (Å²) >= 11 is 0. The normalized spacial score (nSPS) is 8.73. The lowest BCUT2D eigenvalue weighted by atomic mass is 10.1. The number of rotatable bonds is 4. The van der Waals surface area contributed by atoms with Crippen LogP contribution in [0.15, 0.2) is 25.3 Å². The maximum absolute atomic E-state index is 4.98. The first kappa shape index (κ1) is 13.6. The quantitative estimate of drug-likeness (QED) is 0.750. The molecule has 1 aromatic rings. The van der Waals surface area contributed by atoms with Gasteiger partial charge in [0, 0.05) is 7.11 Å². The summed E-state index contributed by atoms with van der Waals surface area (Å²) in [6, 6.07) is 3.89. The minimum absolute atomic E-state index is 0.526. The number of hydrogen-bond donors (Lipinski definition) is 0. The molecular weight excluding hydrogens is 186 g/mol. The first-order chi connectivity index (χ1) is 7.31. The number of ether oxygens (including phenoxy) is 1. The molecule has 82 valence electrons. The van der Waals surface area contributed by atoms with Gasteiger partial charge in [-0.3, -0.25) is 4.98 Å². The van der Waals surface area contributed by atoms with E-state index in [0.29, 0.717) is 6.61 Å². The van der Waals surface area contributed by atoms with E-state index in [1.807, 2.05) is 26.0 Å². The Morgan fingerprint density at radius 2 is 1.93 bits per heavy atom. The van der Waals surface area contributed by atoms with Crippen LogP contribution in [-0.2, 0) is 11.3 Å². The van der Waals surface area contributed by atoms with Gasteiger partial charge < -0.3 is 4.74 Å². The molecule has 0 amide bonds. The molecule has 0 saturated heterocycles. The molecule has 0 bridgehead atoms. The second-order valence-electron chi connectivity index (χ2n) is 2.62. The van der Waals surface area contributed by atoms with E-state index in [1.165, 1.54) is 0 Å². The molecule has 0 radical (unpaired) electrons. The third kappa shape index (κ3) is 4.09. The van der Waals surface area contributed by atoms with Gasteiger partial charge in [0.1, 0.15) is 0 Å². The predicted molar refractivity (Wildman–Crippen MR) is 66.5 cm³/mol. The van der Waals surface area contributed by atoms with Gasteiger partial charge in [-0.15, -0.1) is 0 Å². The van der Waals surface area contributed by atoms with E-state index < -0.39 is 0 Å². The molecule has 1 heterocycles. The molecule has 0 unspecified atom stereocenters. The van der Waals surface area contributed by atoms with Crippen molar-refractivity contribution in [2.24, 2.45) is 0 Å². The van der Waals surface area contributed by atoms with E-state index in [9.17, 15) is 0 Å². The lowest BCUT2D eigenvalue weighted by Gasteiger charge is -2.03. The minimum atomic E-state index is 0.526. The van der Waals surface area contributed by atoms with Crippen LogP contribution in [0, 0.1) is 0 Å². The molecule has 1 aromatic heterocycles. The summed E-state index contributed by atoms with van der Waals surface area (Å²) in [5, 5.41) is 0. The summed E-state index contributed by atoms with van der Waals surface area (Å²) in [5.74, 6) is 0. The lowest BCUT2D eigenvalue weighted by Crippen LogP contribution is -1.95. The maximum Gasteiger partial charge on any atom is 0.0884 e. The molecule has 2 nitrogen and oxygen atoms in total. The van der Waals surface area contributed by atoms with Crippen LogP contribution in [0.3, 0.4) is 0 Å². The van der Waals surface area contributed by atoms with Crippen molar-refractivity contribution < 1.29 is 4.74 Å². The van der Waals surface area contributed by atoms with Gasteiger partial charge in [-0.05, 0) is 17.7 Å². The lowest BCUT2D eigenvalue weighted by molar-refractivity contribution is 0.181. The van der Waals surface area contributed by atoms with E-state index >= 15 is 0 Å². The van der Waals surface area contributed by atoms with Gasteiger partial charge in [-0.1, -0.05) is 39.1 Å². The first-order valence-corrected chi connectivity index (χ1v) is 5.05. The second-order valence-corrected chi connectivity index (χ2v) is 2.62. The molecule has 15 heavy (non-hydrogen) atoms. The van der Waals surface area contributed by atoms with Crippen molar-refractivity contribution in [3.8, 4) is 0 Å². The fourth-order valence-electron chi connectivity index (χ4n) is 1.09. The number of methoxy groups -OCH3 is 1. The minimum Gasteiger partial charge on any atom is -0.378 e. The molecule has 0 aromatic carbocycles. The molecule has 0 saturated carbocycles. The molecule has 0 spiro atoms. The third-order valence-corrected chi connectivity index (χ3v) is 1.72. The summed E-state index contributed by atoms with van der Waals surface area (Å²) in [4.78, 5) is 4.34. The molecule has 2 heteroatoms. The van der Waals surface area contributed by atoms with Gasteiger partial charge in [0.2, 0.25) is 0 Å². The van der Waals surface area contributed by atoms with Crippen LogP contribution in [0.25, 0.3) is 12.2 Å². The average Bonchev–Trinajstić information content (AvgIpc) is 2.32. The predicted octanol–water partition coefficient (Wildman–Crippen LogP) is 3.54. The Kier molecular flexibility index (Phi) is 7.20. The number of pyridine rings is 1. The van der Waals surface area contributed by atoms with Crippen molar-refractivity contribution in [1.29, 1.82) is 0 Å². The summed E-state index contributed by atoms with van der Waals surface area (Å²) in [6.45, 7) is 11.9. The fourth-order valence-corrected chi connectivity index (χ4v) is 1.09. The van der Waals surface area contributed by atoms with Crippen LogP contribution in [-0.4, -0.2) is 12.1 Å². The van der Waals surface area contributed by atoms with Crippen molar-refractivity contribution >= 4 is 12.2 Å². The Labute approximate surface area is 92.3 Å². The standard InChI is InChI=1S/C11H13NO.C2H6/c1-4-9-6-7-10(8-13-3)12-11(9)5-2;1-2/h4-7H,1-2,8H2,3H3;1-2H3. The molecule has 0 atom stereocenters.